The van der Waals surface area contributed by atoms with E-state index in [1.54, 1.807) is 18.6 Å². The summed E-state index contributed by atoms with van der Waals surface area (Å²) in [7, 11) is 2.12. The third-order valence-corrected chi connectivity index (χ3v) is 6.11. The number of rotatable bonds is 8. The Kier molecular flexibility index (Phi) is 7.71. The van der Waals surface area contributed by atoms with Crippen LogP contribution in [0.1, 0.15) is 5.56 Å². The lowest BCUT2D eigenvalue weighted by atomic mass is 10.3. The van der Waals surface area contributed by atoms with Gasteiger partial charge in [0.1, 0.15) is 6.61 Å². The third-order valence-electron chi connectivity index (χ3n) is 5.13. The van der Waals surface area contributed by atoms with Gasteiger partial charge in [-0.15, -0.1) is 0 Å². The minimum absolute atomic E-state index is 0.0642. The second kappa shape index (κ2) is 11.1. The Balaban J connectivity index is 1.56. The first-order chi connectivity index (χ1) is 16.1. The highest BCUT2D eigenvalue weighted by Gasteiger charge is 2.19. The lowest BCUT2D eigenvalue weighted by molar-refractivity contribution is -0.114. The van der Waals surface area contributed by atoms with Crippen molar-refractivity contribution in [3.8, 4) is 5.88 Å². The molecule has 33 heavy (non-hydrogen) atoms. The molecule has 1 aromatic carbocycles. The lowest BCUT2D eigenvalue weighted by Gasteiger charge is -2.32. The topological polar surface area (TPSA) is 110 Å². The molecular weight excluding hydrogens is 438 g/mol. The zero-order chi connectivity index (χ0) is 23.0. The van der Waals surface area contributed by atoms with E-state index in [1.807, 2.05) is 36.4 Å². The summed E-state index contributed by atoms with van der Waals surface area (Å²) in [4.78, 5) is 31.3. The van der Waals surface area contributed by atoms with E-state index in [-0.39, 0.29) is 12.5 Å². The number of pyridine rings is 1. The van der Waals surface area contributed by atoms with Crippen molar-refractivity contribution in [2.75, 3.05) is 50.0 Å². The summed E-state index contributed by atoms with van der Waals surface area (Å²) in [5.74, 6) is 0.944. The molecule has 1 amide bonds. The van der Waals surface area contributed by atoms with E-state index in [0.29, 0.717) is 24.1 Å². The molecule has 1 saturated heterocycles. The van der Waals surface area contributed by atoms with Gasteiger partial charge in [0.25, 0.3) is 0 Å². The first-order valence-corrected chi connectivity index (χ1v) is 11.5. The van der Waals surface area contributed by atoms with Gasteiger partial charge >= 0.3 is 0 Å². The Labute approximate surface area is 197 Å². The zero-order valence-electron chi connectivity index (χ0n) is 18.5. The molecule has 1 aliphatic rings. The van der Waals surface area contributed by atoms with Crippen LogP contribution in [0.15, 0.2) is 64.8 Å². The average Bonchev–Trinajstić information content (AvgIpc) is 2.85. The summed E-state index contributed by atoms with van der Waals surface area (Å²) in [6, 6.07) is 11.4. The van der Waals surface area contributed by atoms with E-state index in [9.17, 15) is 4.79 Å². The van der Waals surface area contributed by atoms with E-state index < -0.39 is 0 Å². The Morgan fingerprint density at radius 1 is 1.18 bits per heavy atom. The molecule has 3 aromatic rings. The van der Waals surface area contributed by atoms with Gasteiger partial charge in [0.2, 0.25) is 17.7 Å². The van der Waals surface area contributed by atoms with Crippen LogP contribution in [0.3, 0.4) is 0 Å². The van der Waals surface area contributed by atoms with Gasteiger partial charge in [0, 0.05) is 54.7 Å². The predicted molar refractivity (Wildman–Crippen MR) is 129 cm³/mol. The van der Waals surface area contributed by atoms with Crippen molar-refractivity contribution < 1.29 is 9.53 Å². The van der Waals surface area contributed by atoms with Crippen LogP contribution in [0.5, 0.6) is 5.88 Å². The second-order valence-corrected chi connectivity index (χ2v) is 8.78. The van der Waals surface area contributed by atoms with E-state index >= 15 is 0 Å². The molecule has 2 aromatic heterocycles. The van der Waals surface area contributed by atoms with Crippen LogP contribution in [0.4, 0.5) is 11.6 Å². The van der Waals surface area contributed by atoms with Crippen molar-refractivity contribution in [2.24, 2.45) is 5.73 Å². The highest BCUT2D eigenvalue weighted by atomic mass is 32.2. The van der Waals surface area contributed by atoms with Crippen molar-refractivity contribution in [2.45, 2.75) is 16.4 Å². The maximum atomic E-state index is 11.6. The van der Waals surface area contributed by atoms with Gasteiger partial charge in [-0.05, 0) is 31.3 Å². The number of nitrogens with one attached hydrogen (secondary N) is 1. The Hall–Kier alpha value is -3.21. The zero-order valence-corrected chi connectivity index (χ0v) is 19.3. The summed E-state index contributed by atoms with van der Waals surface area (Å²) < 4.78 is 6.12. The number of hydrogen-bond acceptors (Lipinski definition) is 9. The number of benzene rings is 1. The fraction of sp³-hybridized carbons (Fsp3) is 0.304. The summed E-state index contributed by atoms with van der Waals surface area (Å²) in [6.45, 7) is 3.96. The van der Waals surface area contributed by atoms with Crippen molar-refractivity contribution >= 4 is 29.3 Å². The maximum Gasteiger partial charge on any atom is 0.238 e. The fourth-order valence-electron chi connectivity index (χ4n) is 3.29. The summed E-state index contributed by atoms with van der Waals surface area (Å²) in [6.07, 6.45) is 5.31. The number of hydrogen-bond donors (Lipinski definition) is 2. The molecule has 0 atom stereocenters. The number of carbonyl (C=O) groups excluding carboxylic acids is 1. The lowest BCUT2D eigenvalue weighted by Crippen LogP contribution is -2.45. The number of aromatic nitrogens is 3. The van der Waals surface area contributed by atoms with Crippen LogP contribution in [0, 0.1) is 0 Å². The van der Waals surface area contributed by atoms with E-state index in [0.717, 1.165) is 41.5 Å². The Bertz CT molecular complexity index is 1080. The Morgan fingerprint density at radius 3 is 2.79 bits per heavy atom. The highest BCUT2D eigenvalue weighted by molar-refractivity contribution is 7.99. The number of nitrogens with zero attached hydrogens (tertiary/aromatic N) is 5. The average molecular weight is 466 g/mol. The van der Waals surface area contributed by atoms with Gasteiger partial charge in [-0.25, -0.2) is 4.98 Å². The van der Waals surface area contributed by atoms with Crippen molar-refractivity contribution in [3.63, 3.8) is 0 Å². The Morgan fingerprint density at radius 2 is 2.03 bits per heavy atom. The van der Waals surface area contributed by atoms with Crippen LogP contribution < -0.4 is 20.7 Å². The SMILES string of the molecule is CN1CCN(c2ncc(Sc3cccc(NC(=O)CN)c3)c(OCc3cccnc3)n2)CC1. The van der Waals surface area contributed by atoms with Gasteiger partial charge in [-0.2, -0.15) is 4.98 Å². The first-order valence-electron chi connectivity index (χ1n) is 10.7. The number of carbonyl (C=O) groups is 1. The van der Waals surface area contributed by atoms with Crippen LogP contribution in [-0.4, -0.2) is 65.5 Å². The molecule has 1 fully saturated rings. The minimum atomic E-state index is -0.238. The number of amides is 1. The van der Waals surface area contributed by atoms with E-state index in [4.69, 9.17) is 15.5 Å². The summed E-state index contributed by atoms with van der Waals surface area (Å²) in [5, 5.41) is 2.78. The normalized spacial score (nSPS) is 14.2. The summed E-state index contributed by atoms with van der Waals surface area (Å²) >= 11 is 1.48. The standard InChI is InChI=1S/C23H27N7O2S/c1-29-8-10-30(11-9-29)23-26-15-20(22(28-23)32-16-17-4-3-7-25-14-17)33-19-6-2-5-18(12-19)27-21(31)13-24/h2-7,12,14-15H,8-11,13,16,24H2,1H3,(H,27,31). The van der Waals surface area contributed by atoms with E-state index in [1.165, 1.54) is 11.8 Å². The molecule has 0 unspecified atom stereocenters. The molecule has 4 rings (SSSR count). The highest BCUT2D eigenvalue weighted by Crippen LogP contribution is 2.35. The predicted octanol–water partition coefficient (Wildman–Crippen LogP) is 2.25. The van der Waals surface area contributed by atoms with E-state index in [2.05, 4.69) is 32.1 Å². The van der Waals surface area contributed by atoms with Crippen molar-refractivity contribution in [1.29, 1.82) is 0 Å². The van der Waals surface area contributed by atoms with Gasteiger partial charge in [0.15, 0.2) is 0 Å². The minimum Gasteiger partial charge on any atom is -0.472 e. The molecular formula is C23H27N7O2S. The molecule has 1 aliphatic heterocycles. The van der Waals surface area contributed by atoms with Crippen LogP contribution in [0.2, 0.25) is 0 Å². The largest absolute Gasteiger partial charge is 0.472 e. The molecule has 0 bridgehead atoms. The maximum absolute atomic E-state index is 11.6. The number of likely N-dealkylation sites (N-methyl/N-ethyl adjacent to an activating group) is 1. The van der Waals surface area contributed by atoms with Gasteiger partial charge in [-0.3, -0.25) is 9.78 Å². The van der Waals surface area contributed by atoms with Crippen molar-refractivity contribution in [3.05, 3.63) is 60.6 Å². The molecule has 3 heterocycles. The smallest absolute Gasteiger partial charge is 0.238 e. The molecule has 9 nitrogen and oxygen atoms in total. The molecule has 172 valence electrons. The monoisotopic (exact) mass is 465 g/mol. The van der Waals surface area contributed by atoms with Gasteiger partial charge in [-0.1, -0.05) is 23.9 Å². The van der Waals surface area contributed by atoms with Crippen LogP contribution >= 0.6 is 11.8 Å². The number of ether oxygens (including phenoxy) is 1. The molecule has 3 N–H and O–H groups in total. The quantitative estimate of drug-likeness (QED) is 0.518. The third kappa shape index (κ3) is 6.41. The second-order valence-electron chi connectivity index (χ2n) is 7.66. The number of piperazine rings is 1. The molecule has 10 heteroatoms. The van der Waals surface area contributed by atoms with Crippen LogP contribution in [-0.2, 0) is 11.4 Å². The molecule has 0 radical (unpaired) electrons. The first kappa shape index (κ1) is 23.0. The summed E-state index contributed by atoms with van der Waals surface area (Å²) in [5.41, 5.74) is 7.05. The number of anilines is 2. The molecule has 0 aliphatic carbocycles. The van der Waals surface area contributed by atoms with Gasteiger partial charge in [0.05, 0.1) is 17.6 Å². The fourth-order valence-corrected chi connectivity index (χ4v) is 4.17. The molecule has 0 saturated carbocycles. The van der Waals surface area contributed by atoms with Gasteiger partial charge < -0.3 is 25.6 Å². The number of nitrogens with two attached hydrogens (primary N) is 1. The van der Waals surface area contributed by atoms with Crippen molar-refractivity contribution in [1.82, 2.24) is 19.9 Å². The van der Waals surface area contributed by atoms with Crippen LogP contribution in [0.25, 0.3) is 0 Å². The molecule has 0 spiro atoms.